The second-order valence-electron chi connectivity index (χ2n) is 15.0. The van der Waals surface area contributed by atoms with Crippen molar-refractivity contribution in [1.82, 2.24) is 20.3 Å². The molecule has 3 heterocycles. The number of likely N-dealkylation sites (N-methyl/N-ethyl adjacent to an activating group) is 1. The van der Waals surface area contributed by atoms with Crippen LogP contribution in [0.25, 0.3) is 32.7 Å². The van der Waals surface area contributed by atoms with Crippen molar-refractivity contribution in [2.24, 2.45) is 0 Å². The number of aliphatic hydroxyl groups is 1. The first kappa shape index (κ1) is 41.5. The predicted octanol–water partition coefficient (Wildman–Crippen LogP) is 11.1. The van der Waals surface area contributed by atoms with E-state index in [0.29, 0.717) is 28.9 Å². The summed E-state index contributed by atoms with van der Waals surface area (Å²) in [5.74, 6) is 0.670. The van der Waals surface area contributed by atoms with Crippen LogP contribution in [0.1, 0.15) is 81.6 Å². The van der Waals surface area contributed by atoms with E-state index in [4.69, 9.17) is 15.8 Å². The molecule has 0 saturated heterocycles. The zero-order chi connectivity index (χ0) is 42.6. The van der Waals surface area contributed by atoms with Crippen LogP contribution in [0.4, 0.5) is 0 Å². The first-order chi connectivity index (χ1) is 29.9. The SMILES string of the molecule is CCC(c1ccccc1)c1ccc2[nH]c(C#N)cc2c1.CNCC(c1ccccc1)c1ccc2[nH]c(C#N)cc2c1.N#Cc1cc2cc(C(CO)c3ccccc3)ccc2[nH]1. The van der Waals surface area contributed by atoms with E-state index in [1.165, 1.54) is 22.3 Å². The number of nitrogens with zero attached hydrogens (tertiary/aromatic N) is 3. The Hall–Kier alpha value is -7.67. The number of aromatic amines is 3. The van der Waals surface area contributed by atoms with Gasteiger partial charge in [-0.05, 0) is 101 Å². The fourth-order valence-electron chi connectivity index (χ4n) is 8.04. The topological polar surface area (TPSA) is 151 Å². The Balaban J connectivity index is 0.000000138. The minimum atomic E-state index is -0.0407. The Morgan fingerprint density at radius 2 is 0.803 bits per heavy atom. The summed E-state index contributed by atoms with van der Waals surface area (Å²) in [6.45, 7) is 3.15. The highest BCUT2D eigenvalue weighted by Crippen LogP contribution is 2.31. The predicted molar refractivity (Wildman–Crippen MR) is 245 cm³/mol. The summed E-state index contributed by atoms with van der Waals surface area (Å²) < 4.78 is 0. The lowest BCUT2D eigenvalue weighted by Crippen LogP contribution is -2.18. The molecule has 61 heavy (non-hydrogen) atoms. The van der Waals surface area contributed by atoms with Gasteiger partial charge in [0.1, 0.15) is 35.3 Å². The highest BCUT2D eigenvalue weighted by Gasteiger charge is 2.16. The first-order valence-electron chi connectivity index (χ1n) is 20.4. The third-order valence-corrected chi connectivity index (χ3v) is 11.1. The van der Waals surface area contributed by atoms with E-state index in [1.54, 1.807) is 0 Å². The fraction of sp³-hybridized carbons (Fsp3) is 0.151. The van der Waals surface area contributed by atoms with Gasteiger partial charge in [-0.1, -0.05) is 116 Å². The maximum atomic E-state index is 9.70. The molecule has 3 atom stereocenters. The number of hydrogen-bond acceptors (Lipinski definition) is 5. The molecule has 9 rings (SSSR count). The van der Waals surface area contributed by atoms with Crippen LogP contribution in [0.3, 0.4) is 0 Å². The quantitative estimate of drug-likeness (QED) is 0.0933. The first-order valence-corrected chi connectivity index (χ1v) is 20.4. The van der Waals surface area contributed by atoms with Gasteiger partial charge in [0.05, 0.1) is 6.61 Å². The number of hydrogen-bond donors (Lipinski definition) is 5. The molecule has 0 aliphatic carbocycles. The van der Waals surface area contributed by atoms with Gasteiger partial charge in [-0.2, -0.15) is 15.8 Å². The van der Waals surface area contributed by atoms with Gasteiger partial charge in [-0.25, -0.2) is 0 Å². The van der Waals surface area contributed by atoms with Crippen molar-refractivity contribution >= 4 is 32.7 Å². The van der Waals surface area contributed by atoms with Gasteiger partial charge in [0.2, 0.25) is 0 Å². The molecule has 9 aromatic rings. The third kappa shape index (κ3) is 9.80. The molecule has 0 bridgehead atoms. The molecule has 3 unspecified atom stereocenters. The van der Waals surface area contributed by atoms with E-state index in [0.717, 1.165) is 56.8 Å². The molecule has 0 saturated carbocycles. The molecule has 0 amide bonds. The summed E-state index contributed by atoms with van der Waals surface area (Å²) in [6, 6.07) is 61.8. The number of aromatic nitrogens is 3. The fourth-order valence-corrected chi connectivity index (χ4v) is 8.04. The summed E-state index contributed by atoms with van der Waals surface area (Å²) in [6.07, 6.45) is 1.06. The zero-order valence-electron chi connectivity index (χ0n) is 34.2. The summed E-state index contributed by atoms with van der Waals surface area (Å²) in [5, 5.41) is 43.0. The average Bonchev–Trinajstić information content (AvgIpc) is 4.06. The van der Waals surface area contributed by atoms with Crippen molar-refractivity contribution in [1.29, 1.82) is 15.8 Å². The van der Waals surface area contributed by atoms with Crippen molar-refractivity contribution in [3.8, 4) is 18.2 Å². The summed E-state index contributed by atoms with van der Waals surface area (Å²) in [4.78, 5) is 9.26. The monoisotopic (exact) mass is 797 g/mol. The number of nitrogens with one attached hydrogen (secondary N) is 4. The van der Waals surface area contributed by atoms with Crippen LogP contribution < -0.4 is 5.32 Å². The Bertz CT molecular complexity index is 2830. The van der Waals surface area contributed by atoms with E-state index in [9.17, 15) is 5.11 Å². The minimum absolute atomic E-state index is 0.0407. The second-order valence-corrected chi connectivity index (χ2v) is 15.0. The largest absolute Gasteiger partial charge is 0.395 e. The summed E-state index contributed by atoms with van der Waals surface area (Å²) >= 11 is 0. The number of nitriles is 3. The molecule has 0 spiro atoms. The summed E-state index contributed by atoms with van der Waals surface area (Å²) in [5.41, 5.74) is 12.1. The maximum Gasteiger partial charge on any atom is 0.118 e. The lowest BCUT2D eigenvalue weighted by atomic mass is 9.89. The number of rotatable bonds is 10. The molecular weight excluding hydrogens is 751 g/mol. The van der Waals surface area contributed by atoms with Crippen LogP contribution in [0.5, 0.6) is 0 Å². The van der Waals surface area contributed by atoms with Crippen LogP contribution in [0.2, 0.25) is 0 Å². The smallest absolute Gasteiger partial charge is 0.118 e. The second kappa shape index (κ2) is 19.9. The number of fused-ring (bicyclic) bond motifs is 3. The van der Waals surface area contributed by atoms with Crippen molar-refractivity contribution in [3.63, 3.8) is 0 Å². The Morgan fingerprint density at radius 1 is 0.459 bits per heavy atom. The molecule has 0 fully saturated rings. The van der Waals surface area contributed by atoms with Gasteiger partial charge in [0, 0.05) is 57.0 Å². The minimum Gasteiger partial charge on any atom is -0.395 e. The van der Waals surface area contributed by atoms with Crippen LogP contribution >= 0.6 is 0 Å². The van der Waals surface area contributed by atoms with E-state index in [1.807, 2.05) is 85.9 Å². The molecule has 3 aromatic heterocycles. The zero-order valence-corrected chi connectivity index (χ0v) is 34.2. The van der Waals surface area contributed by atoms with Gasteiger partial charge in [-0.3, -0.25) is 0 Å². The molecule has 8 nitrogen and oxygen atoms in total. The van der Waals surface area contributed by atoms with Crippen molar-refractivity contribution in [2.45, 2.75) is 31.1 Å². The van der Waals surface area contributed by atoms with Crippen LogP contribution in [-0.2, 0) is 0 Å². The Labute approximate surface area is 356 Å². The molecule has 6 aromatic carbocycles. The standard InChI is InChI=1S/C18H17N3.C18H16N2.C17H14N2O/c1-20-12-17(13-5-3-2-4-6-13)14-7-8-18-15(9-14)10-16(11-19)21-18;1-2-17(13-6-4-3-5-7-13)14-8-9-18-15(10-14)11-16(12-19)20-18;18-10-15-9-14-8-13(6-7-17(14)19-15)16(11-20)12-4-2-1-3-5-12/h2-10,17,20-21H,12H2,1H3;3-11,17,20H,2H2,1H3;1-9,16,19-20H,11H2. The van der Waals surface area contributed by atoms with Crippen LogP contribution in [0.15, 0.2) is 164 Å². The van der Waals surface area contributed by atoms with Gasteiger partial charge >= 0.3 is 0 Å². The van der Waals surface area contributed by atoms with E-state index >= 15 is 0 Å². The Kier molecular flexibility index (Phi) is 13.5. The van der Waals surface area contributed by atoms with Gasteiger partial charge in [0.25, 0.3) is 0 Å². The van der Waals surface area contributed by atoms with Crippen molar-refractivity contribution in [3.05, 3.63) is 214 Å². The van der Waals surface area contributed by atoms with Crippen molar-refractivity contribution < 1.29 is 5.11 Å². The normalized spacial score (nSPS) is 12.2. The lowest BCUT2D eigenvalue weighted by Gasteiger charge is -2.17. The van der Waals surface area contributed by atoms with Crippen LogP contribution in [0, 0.1) is 34.0 Å². The van der Waals surface area contributed by atoms with E-state index in [2.05, 4.69) is 130 Å². The molecule has 0 aliphatic heterocycles. The highest BCUT2D eigenvalue weighted by atomic mass is 16.3. The van der Waals surface area contributed by atoms with Crippen LogP contribution in [-0.4, -0.2) is 40.3 Å². The third-order valence-electron chi connectivity index (χ3n) is 11.1. The van der Waals surface area contributed by atoms with Gasteiger partial charge in [-0.15, -0.1) is 0 Å². The lowest BCUT2D eigenvalue weighted by molar-refractivity contribution is 0.280. The van der Waals surface area contributed by atoms with E-state index in [-0.39, 0.29) is 12.5 Å². The van der Waals surface area contributed by atoms with E-state index < -0.39 is 0 Å². The Morgan fingerprint density at radius 3 is 1.15 bits per heavy atom. The molecule has 0 aliphatic rings. The summed E-state index contributed by atoms with van der Waals surface area (Å²) in [7, 11) is 1.97. The number of aliphatic hydroxyl groups excluding tert-OH is 1. The average molecular weight is 798 g/mol. The van der Waals surface area contributed by atoms with Gasteiger partial charge in [0.15, 0.2) is 0 Å². The maximum absolute atomic E-state index is 9.70. The highest BCUT2D eigenvalue weighted by molar-refractivity contribution is 5.84. The number of benzene rings is 6. The molecular formula is C53H47N7O. The molecule has 0 radical (unpaired) electrons. The molecule has 5 N–H and O–H groups in total. The number of H-pyrrole nitrogens is 3. The molecule has 8 heteroatoms. The molecule has 300 valence electrons. The van der Waals surface area contributed by atoms with Crippen molar-refractivity contribution in [2.75, 3.05) is 20.2 Å². The van der Waals surface area contributed by atoms with Gasteiger partial charge < -0.3 is 25.4 Å².